The molecule has 0 bridgehead atoms. The largest absolute Gasteiger partial charge is 0.367 e. The topological polar surface area (TPSA) is 84.0 Å². The molecule has 0 amide bonds. The number of rotatable bonds is 6. The Hall–Kier alpha value is -1.21. The third-order valence-corrected chi connectivity index (χ3v) is 3.34. The van der Waals surface area contributed by atoms with Crippen molar-refractivity contribution in [2.75, 3.05) is 24.2 Å². The summed E-state index contributed by atoms with van der Waals surface area (Å²) in [6, 6.07) is 3.64. The minimum absolute atomic E-state index is 0.0946. The molecule has 0 aliphatic carbocycles. The Bertz CT molecular complexity index is 416. The lowest BCUT2D eigenvalue weighted by molar-refractivity contribution is 0.584. The van der Waals surface area contributed by atoms with Crippen LogP contribution in [0, 0.1) is 6.92 Å². The van der Waals surface area contributed by atoms with Crippen LogP contribution >= 0.6 is 0 Å². The van der Waals surface area contributed by atoms with Gasteiger partial charge in [0.2, 0.25) is 10.0 Å². The third-order valence-electron chi connectivity index (χ3n) is 1.93. The molecule has 0 fully saturated rings. The van der Waals surface area contributed by atoms with Crippen molar-refractivity contribution in [2.24, 2.45) is 0 Å². The van der Waals surface area contributed by atoms with Crippen LogP contribution in [-0.4, -0.2) is 37.5 Å². The van der Waals surface area contributed by atoms with Crippen molar-refractivity contribution in [3.05, 3.63) is 17.8 Å². The van der Waals surface area contributed by atoms with Gasteiger partial charge in [-0.1, -0.05) is 0 Å². The van der Waals surface area contributed by atoms with Crippen molar-refractivity contribution >= 4 is 15.8 Å². The number of nitrogens with one attached hydrogen (secondary N) is 2. The molecule has 6 nitrogen and oxygen atoms in total. The molecule has 0 spiro atoms. The maximum atomic E-state index is 11.1. The number of anilines is 1. The first-order valence-corrected chi connectivity index (χ1v) is 6.70. The molecule has 1 heterocycles. The average Bonchev–Trinajstić information content (AvgIpc) is 2.27. The van der Waals surface area contributed by atoms with E-state index >= 15 is 0 Å². The highest BCUT2D eigenvalue weighted by molar-refractivity contribution is 7.89. The molecule has 0 radical (unpaired) electrons. The van der Waals surface area contributed by atoms with E-state index in [1.165, 1.54) is 0 Å². The normalized spacial score (nSPS) is 11.4. The monoisotopic (exact) mass is 244 g/mol. The summed E-state index contributed by atoms with van der Waals surface area (Å²) in [7, 11) is -3.11. The second-order valence-electron chi connectivity index (χ2n) is 3.28. The number of sulfonamides is 1. The van der Waals surface area contributed by atoms with E-state index in [2.05, 4.69) is 20.2 Å². The van der Waals surface area contributed by atoms with Crippen LogP contribution in [0.2, 0.25) is 0 Å². The zero-order chi connectivity index (χ0) is 12.0. The van der Waals surface area contributed by atoms with Gasteiger partial charge in [0.15, 0.2) is 0 Å². The van der Waals surface area contributed by atoms with Crippen molar-refractivity contribution < 1.29 is 8.42 Å². The minimum Gasteiger partial charge on any atom is -0.367 e. The Morgan fingerprint density at radius 1 is 1.25 bits per heavy atom. The fourth-order valence-electron chi connectivity index (χ4n) is 0.992. The molecule has 2 N–H and O–H groups in total. The third kappa shape index (κ3) is 4.54. The van der Waals surface area contributed by atoms with E-state index in [1.54, 1.807) is 13.0 Å². The van der Waals surface area contributed by atoms with Gasteiger partial charge < -0.3 is 5.32 Å². The molecule has 1 aromatic rings. The summed E-state index contributed by atoms with van der Waals surface area (Å²) in [5, 5.41) is 10.7. The molecule has 0 aromatic carbocycles. The van der Waals surface area contributed by atoms with Crippen molar-refractivity contribution in [3.63, 3.8) is 0 Å². The summed E-state index contributed by atoms with van der Waals surface area (Å²) in [6.07, 6.45) is 0. The van der Waals surface area contributed by atoms with E-state index < -0.39 is 10.0 Å². The van der Waals surface area contributed by atoms with Crippen LogP contribution in [0.15, 0.2) is 12.1 Å². The average molecular weight is 244 g/mol. The standard InChI is InChI=1S/C9H16N4O2S/c1-3-16(14,15)11-7-6-10-9-5-4-8(2)12-13-9/h4-5,11H,3,6-7H2,1-2H3,(H,10,13). The first kappa shape index (κ1) is 12.9. The summed E-state index contributed by atoms with van der Waals surface area (Å²) in [5.41, 5.74) is 0.845. The van der Waals surface area contributed by atoms with Crippen LogP contribution in [0.4, 0.5) is 5.82 Å². The molecule has 0 saturated carbocycles. The first-order chi connectivity index (χ1) is 7.53. The van der Waals surface area contributed by atoms with E-state index in [1.807, 2.05) is 13.0 Å². The highest BCUT2D eigenvalue weighted by atomic mass is 32.2. The fourth-order valence-corrected chi connectivity index (χ4v) is 1.61. The van der Waals surface area contributed by atoms with Crippen LogP contribution in [0.25, 0.3) is 0 Å². The van der Waals surface area contributed by atoms with Crippen molar-refractivity contribution in [1.29, 1.82) is 0 Å². The number of aryl methyl sites for hydroxylation is 1. The van der Waals surface area contributed by atoms with Crippen LogP contribution < -0.4 is 10.0 Å². The highest BCUT2D eigenvalue weighted by Crippen LogP contribution is 1.99. The number of hydrogen-bond acceptors (Lipinski definition) is 5. The first-order valence-electron chi connectivity index (χ1n) is 5.05. The van der Waals surface area contributed by atoms with Crippen LogP contribution in [0.3, 0.4) is 0 Å². The van der Waals surface area contributed by atoms with Crippen LogP contribution in [0.5, 0.6) is 0 Å². The SMILES string of the molecule is CCS(=O)(=O)NCCNc1ccc(C)nn1. The minimum atomic E-state index is -3.11. The van der Waals surface area contributed by atoms with Gasteiger partial charge in [-0.3, -0.25) is 0 Å². The summed E-state index contributed by atoms with van der Waals surface area (Å²) < 4.78 is 24.6. The predicted molar refractivity (Wildman–Crippen MR) is 62.7 cm³/mol. The Kier molecular flexibility index (Phi) is 4.63. The molecule has 0 saturated heterocycles. The lowest BCUT2D eigenvalue weighted by atomic mass is 10.4. The Morgan fingerprint density at radius 2 is 2.00 bits per heavy atom. The molecule has 0 aliphatic rings. The number of nitrogens with zero attached hydrogens (tertiary/aromatic N) is 2. The molecule has 0 atom stereocenters. The Labute approximate surface area is 95.5 Å². The smallest absolute Gasteiger partial charge is 0.211 e. The van der Waals surface area contributed by atoms with Crippen LogP contribution in [-0.2, 0) is 10.0 Å². The zero-order valence-corrected chi connectivity index (χ0v) is 10.2. The van der Waals surface area contributed by atoms with Crippen LogP contribution in [0.1, 0.15) is 12.6 Å². The summed E-state index contributed by atoms with van der Waals surface area (Å²) in [4.78, 5) is 0. The van der Waals surface area contributed by atoms with Gasteiger partial charge in [0, 0.05) is 13.1 Å². The van der Waals surface area contributed by atoms with Crippen molar-refractivity contribution in [3.8, 4) is 0 Å². The van der Waals surface area contributed by atoms with Gasteiger partial charge in [0.1, 0.15) is 5.82 Å². The molecule has 1 rings (SSSR count). The second kappa shape index (κ2) is 5.76. The van der Waals surface area contributed by atoms with Gasteiger partial charge in [-0.2, -0.15) is 5.10 Å². The molecule has 0 aliphatic heterocycles. The molecule has 90 valence electrons. The number of hydrogen-bond donors (Lipinski definition) is 2. The van der Waals surface area contributed by atoms with E-state index in [-0.39, 0.29) is 5.75 Å². The maximum absolute atomic E-state index is 11.1. The number of aromatic nitrogens is 2. The van der Waals surface area contributed by atoms with Gasteiger partial charge in [0.25, 0.3) is 0 Å². The van der Waals surface area contributed by atoms with E-state index in [0.717, 1.165) is 5.69 Å². The summed E-state index contributed by atoms with van der Waals surface area (Å²) >= 11 is 0. The van der Waals surface area contributed by atoms with Gasteiger partial charge in [-0.25, -0.2) is 13.1 Å². The molecule has 7 heteroatoms. The van der Waals surface area contributed by atoms with E-state index in [4.69, 9.17) is 0 Å². The molecular weight excluding hydrogens is 228 g/mol. The van der Waals surface area contributed by atoms with Gasteiger partial charge >= 0.3 is 0 Å². The van der Waals surface area contributed by atoms with Gasteiger partial charge in [-0.05, 0) is 26.0 Å². The van der Waals surface area contributed by atoms with Crippen molar-refractivity contribution in [2.45, 2.75) is 13.8 Å². The van der Waals surface area contributed by atoms with Crippen molar-refractivity contribution in [1.82, 2.24) is 14.9 Å². The van der Waals surface area contributed by atoms with E-state index in [0.29, 0.717) is 18.9 Å². The van der Waals surface area contributed by atoms with Gasteiger partial charge in [0.05, 0.1) is 11.4 Å². The van der Waals surface area contributed by atoms with Gasteiger partial charge in [-0.15, -0.1) is 5.10 Å². The Morgan fingerprint density at radius 3 is 2.56 bits per heavy atom. The van der Waals surface area contributed by atoms with E-state index in [9.17, 15) is 8.42 Å². The fraction of sp³-hybridized carbons (Fsp3) is 0.556. The maximum Gasteiger partial charge on any atom is 0.211 e. The Balaban J connectivity index is 2.29. The summed E-state index contributed by atoms with van der Waals surface area (Å²) in [5.74, 6) is 0.735. The summed E-state index contributed by atoms with van der Waals surface area (Å²) in [6.45, 7) is 4.27. The molecule has 1 aromatic heterocycles. The quantitative estimate of drug-likeness (QED) is 0.695. The predicted octanol–water partition coefficient (Wildman–Crippen LogP) is 0.136. The second-order valence-corrected chi connectivity index (χ2v) is 5.38. The zero-order valence-electron chi connectivity index (χ0n) is 9.40. The molecule has 16 heavy (non-hydrogen) atoms. The lowest BCUT2D eigenvalue weighted by Gasteiger charge is -2.06. The molecule has 0 unspecified atom stereocenters. The lowest BCUT2D eigenvalue weighted by Crippen LogP contribution is -2.30. The highest BCUT2D eigenvalue weighted by Gasteiger charge is 2.04. The molecular formula is C9H16N4O2S.